The maximum atomic E-state index is 9.31. The normalized spacial score (nSPS) is 10.3. The molecule has 0 spiro atoms. The quantitative estimate of drug-likeness (QED) is 0.885. The number of hydrogen-bond acceptors (Lipinski definition) is 5. The second-order valence-corrected chi connectivity index (χ2v) is 4.53. The molecule has 0 aliphatic rings. The maximum Gasteiger partial charge on any atom is 0.161 e. The molecule has 2 rings (SSSR count). The van der Waals surface area contributed by atoms with E-state index in [9.17, 15) is 5.11 Å². The second kappa shape index (κ2) is 6.95. The standard InChI is InChI=1S/C16H19NO4/c1-11-4-6-14(13(9-18)17-11)21-10-12-5-7-15(19-2)16(8-12)20-3/h4-8,18H,9-10H2,1-3H3. The lowest BCUT2D eigenvalue weighted by atomic mass is 10.2. The molecule has 0 saturated heterocycles. The summed E-state index contributed by atoms with van der Waals surface area (Å²) in [5.41, 5.74) is 2.32. The average Bonchev–Trinajstić information content (AvgIpc) is 2.53. The Hall–Kier alpha value is -2.27. The molecule has 0 fully saturated rings. The Labute approximate surface area is 124 Å². The van der Waals surface area contributed by atoms with E-state index in [2.05, 4.69) is 4.98 Å². The van der Waals surface area contributed by atoms with Gasteiger partial charge >= 0.3 is 0 Å². The van der Waals surface area contributed by atoms with Gasteiger partial charge in [-0.05, 0) is 36.8 Å². The smallest absolute Gasteiger partial charge is 0.161 e. The Morgan fingerprint density at radius 2 is 1.71 bits per heavy atom. The summed E-state index contributed by atoms with van der Waals surface area (Å²) in [4.78, 5) is 4.25. The minimum Gasteiger partial charge on any atom is -0.493 e. The largest absolute Gasteiger partial charge is 0.493 e. The van der Waals surface area contributed by atoms with E-state index in [0.717, 1.165) is 11.3 Å². The van der Waals surface area contributed by atoms with Crippen molar-refractivity contribution in [2.24, 2.45) is 0 Å². The predicted octanol–water partition coefficient (Wildman–Crippen LogP) is 2.48. The molecule has 5 heteroatoms. The number of rotatable bonds is 6. The van der Waals surface area contributed by atoms with Gasteiger partial charge < -0.3 is 19.3 Å². The predicted molar refractivity (Wildman–Crippen MR) is 78.8 cm³/mol. The highest BCUT2D eigenvalue weighted by Crippen LogP contribution is 2.28. The third-order valence-electron chi connectivity index (χ3n) is 3.06. The molecule has 0 radical (unpaired) electrons. The van der Waals surface area contributed by atoms with Crippen molar-refractivity contribution >= 4 is 0 Å². The lowest BCUT2D eigenvalue weighted by Gasteiger charge is -2.12. The second-order valence-electron chi connectivity index (χ2n) is 4.53. The van der Waals surface area contributed by atoms with Crippen molar-refractivity contribution in [1.82, 2.24) is 4.98 Å². The third kappa shape index (κ3) is 3.64. The monoisotopic (exact) mass is 289 g/mol. The van der Waals surface area contributed by atoms with Crippen LogP contribution in [0.25, 0.3) is 0 Å². The summed E-state index contributed by atoms with van der Waals surface area (Å²) >= 11 is 0. The summed E-state index contributed by atoms with van der Waals surface area (Å²) in [6, 6.07) is 9.26. The number of aliphatic hydroxyl groups is 1. The molecular formula is C16H19NO4. The van der Waals surface area contributed by atoms with Crippen molar-refractivity contribution < 1.29 is 19.3 Å². The molecule has 5 nitrogen and oxygen atoms in total. The van der Waals surface area contributed by atoms with Gasteiger partial charge in [0.25, 0.3) is 0 Å². The van der Waals surface area contributed by atoms with Crippen molar-refractivity contribution in [2.45, 2.75) is 20.1 Å². The van der Waals surface area contributed by atoms with Crippen LogP contribution in [0, 0.1) is 6.92 Å². The minimum absolute atomic E-state index is 0.150. The average molecular weight is 289 g/mol. The van der Waals surface area contributed by atoms with Crippen molar-refractivity contribution in [1.29, 1.82) is 0 Å². The highest BCUT2D eigenvalue weighted by Gasteiger charge is 2.08. The molecule has 2 aromatic rings. The van der Waals surface area contributed by atoms with E-state index in [1.165, 1.54) is 0 Å². The van der Waals surface area contributed by atoms with Crippen molar-refractivity contribution in [3.8, 4) is 17.2 Å². The molecule has 0 atom stereocenters. The Morgan fingerprint density at radius 3 is 2.38 bits per heavy atom. The van der Waals surface area contributed by atoms with Gasteiger partial charge in [0.1, 0.15) is 18.1 Å². The van der Waals surface area contributed by atoms with E-state index in [4.69, 9.17) is 14.2 Å². The van der Waals surface area contributed by atoms with Crippen LogP contribution in [0.5, 0.6) is 17.2 Å². The van der Waals surface area contributed by atoms with Crippen LogP contribution < -0.4 is 14.2 Å². The summed E-state index contributed by atoms with van der Waals surface area (Å²) in [5.74, 6) is 1.91. The lowest BCUT2D eigenvalue weighted by Crippen LogP contribution is -2.02. The van der Waals surface area contributed by atoms with Gasteiger partial charge in [0, 0.05) is 5.69 Å². The molecule has 0 bridgehead atoms. The molecule has 1 aromatic carbocycles. The van der Waals surface area contributed by atoms with Gasteiger partial charge in [0.05, 0.1) is 20.8 Å². The third-order valence-corrected chi connectivity index (χ3v) is 3.06. The zero-order valence-electron chi connectivity index (χ0n) is 12.4. The number of nitrogens with zero attached hydrogens (tertiary/aromatic N) is 1. The summed E-state index contributed by atoms with van der Waals surface area (Å²) in [5, 5.41) is 9.31. The highest BCUT2D eigenvalue weighted by atomic mass is 16.5. The van der Waals surface area contributed by atoms with Crippen LogP contribution in [0.3, 0.4) is 0 Å². The summed E-state index contributed by atoms with van der Waals surface area (Å²) in [7, 11) is 3.19. The summed E-state index contributed by atoms with van der Waals surface area (Å²) in [6.45, 7) is 2.08. The lowest BCUT2D eigenvalue weighted by molar-refractivity contribution is 0.253. The van der Waals surface area contributed by atoms with Crippen molar-refractivity contribution in [3.63, 3.8) is 0 Å². The number of aryl methyl sites for hydroxylation is 1. The van der Waals surface area contributed by atoms with Crippen LogP contribution in [0.1, 0.15) is 17.0 Å². The van der Waals surface area contributed by atoms with E-state index >= 15 is 0 Å². The number of aromatic nitrogens is 1. The van der Waals surface area contributed by atoms with Crippen molar-refractivity contribution in [2.75, 3.05) is 14.2 Å². The fraction of sp³-hybridized carbons (Fsp3) is 0.312. The van der Waals surface area contributed by atoms with Gasteiger partial charge in [0.15, 0.2) is 11.5 Å². The number of ether oxygens (including phenoxy) is 3. The van der Waals surface area contributed by atoms with Gasteiger partial charge in [-0.25, -0.2) is 0 Å². The van der Waals surface area contributed by atoms with Crippen LogP contribution in [-0.2, 0) is 13.2 Å². The first-order valence-corrected chi connectivity index (χ1v) is 6.59. The van der Waals surface area contributed by atoms with Gasteiger partial charge in [-0.1, -0.05) is 6.07 Å². The summed E-state index contributed by atoms with van der Waals surface area (Å²) in [6.07, 6.45) is 0. The Balaban J connectivity index is 2.13. The fourth-order valence-corrected chi connectivity index (χ4v) is 1.97. The molecule has 1 N–H and O–H groups in total. The Bertz CT molecular complexity index is 613. The zero-order valence-corrected chi connectivity index (χ0v) is 12.4. The number of benzene rings is 1. The van der Waals surface area contributed by atoms with E-state index < -0.39 is 0 Å². The molecule has 112 valence electrons. The van der Waals surface area contributed by atoms with E-state index in [1.807, 2.05) is 37.3 Å². The van der Waals surface area contributed by atoms with Crippen LogP contribution >= 0.6 is 0 Å². The Morgan fingerprint density at radius 1 is 1.00 bits per heavy atom. The van der Waals surface area contributed by atoms with Crippen LogP contribution in [0.4, 0.5) is 0 Å². The topological polar surface area (TPSA) is 60.8 Å². The first-order valence-electron chi connectivity index (χ1n) is 6.59. The maximum absolute atomic E-state index is 9.31. The number of methoxy groups -OCH3 is 2. The first-order chi connectivity index (χ1) is 10.2. The zero-order chi connectivity index (χ0) is 15.2. The molecule has 1 heterocycles. The molecule has 0 aliphatic carbocycles. The van der Waals surface area contributed by atoms with Crippen LogP contribution in [-0.4, -0.2) is 24.3 Å². The fourth-order valence-electron chi connectivity index (χ4n) is 1.97. The van der Waals surface area contributed by atoms with E-state index in [1.54, 1.807) is 14.2 Å². The molecule has 0 unspecified atom stereocenters. The molecule has 0 amide bonds. The van der Waals surface area contributed by atoms with Crippen LogP contribution in [0.15, 0.2) is 30.3 Å². The van der Waals surface area contributed by atoms with Gasteiger partial charge in [-0.15, -0.1) is 0 Å². The highest BCUT2D eigenvalue weighted by molar-refractivity contribution is 5.43. The van der Waals surface area contributed by atoms with Gasteiger partial charge in [-0.3, -0.25) is 4.98 Å². The van der Waals surface area contributed by atoms with Crippen molar-refractivity contribution in [3.05, 3.63) is 47.3 Å². The van der Waals surface area contributed by atoms with E-state index in [0.29, 0.717) is 29.5 Å². The number of aliphatic hydroxyl groups excluding tert-OH is 1. The SMILES string of the molecule is COc1ccc(COc2ccc(C)nc2CO)cc1OC. The van der Waals surface area contributed by atoms with Gasteiger partial charge in [-0.2, -0.15) is 0 Å². The molecule has 1 aromatic heterocycles. The molecular weight excluding hydrogens is 270 g/mol. The molecule has 0 saturated carbocycles. The van der Waals surface area contributed by atoms with E-state index in [-0.39, 0.29) is 6.61 Å². The minimum atomic E-state index is -0.150. The first kappa shape index (κ1) is 15.1. The van der Waals surface area contributed by atoms with Gasteiger partial charge in [0.2, 0.25) is 0 Å². The molecule has 0 aliphatic heterocycles. The van der Waals surface area contributed by atoms with Crippen LogP contribution in [0.2, 0.25) is 0 Å². The molecule has 21 heavy (non-hydrogen) atoms. The summed E-state index contributed by atoms with van der Waals surface area (Å²) < 4.78 is 16.2. The Kier molecular flexibility index (Phi) is 5.00. The number of hydrogen-bond donors (Lipinski definition) is 1. The number of pyridine rings is 1.